The van der Waals surface area contributed by atoms with Gasteiger partial charge >= 0.3 is 0 Å². The number of nitrogens with zero attached hydrogens (tertiary/aromatic N) is 1. The van der Waals surface area contributed by atoms with Crippen molar-refractivity contribution in [3.63, 3.8) is 0 Å². The van der Waals surface area contributed by atoms with E-state index in [9.17, 15) is 0 Å². The molecule has 126 valence electrons. The first kappa shape index (κ1) is 16.5. The number of ether oxygens (including phenoxy) is 1. The molecule has 1 aliphatic heterocycles. The van der Waals surface area contributed by atoms with Crippen LogP contribution in [0.4, 0.5) is 0 Å². The largest absolute Gasteiger partial charge is 0.374 e. The average Bonchev–Trinajstić information content (AvgIpc) is 2.44. The lowest BCUT2D eigenvalue weighted by Crippen LogP contribution is -2.57. The molecule has 3 rings (SSSR count). The molecular formula is C20H36NO+. The second kappa shape index (κ2) is 5.94. The molecule has 2 fully saturated rings. The van der Waals surface area contributed by atoms with E-state index in [0.29, 0.717) is 12.2 Å². The zero-order chi connectivity index (χ0) is 16.0. The molecule has 1 saturated carbocycles. The average molecular weight is 307 g/mol. The molecule has 1 saturated heterocycles. The van der Waals surface area contributed by atoms with Gasteiger partial charge in [-0.25, -0.2) is 0 Å². The van der Waals surface area contributed by atoms with Crippen LogP contribution >= 0.6 is 0 Å². The number of fused-ring (bicyclic) bond motifs is 3. The Morgan fingerprint density at radius 3 is 2.50 bits per heavy atom. The molecule has 0 N–H and O–H groups in total. The van der Waals surface area contributed by atoms with Crippen molar-refractivity contribution in [2.24, 2.45) is 23.2 Å². The highest BCUT2D eigenvalue weighted by Crippen LogP contribution is 2.50. The summed E-state index contributed by atoms with van der Waals surface area (Å²) in [6, 6.07) is 0. The topological polar surface area (TPSA) is 9.23 Å². The summed E-state index contributed by atoms with van der Waals surface area (Å²) < 4.78 is 7.85. The van der Waals surface area contributed by atoms with Crippen LogP contribution in [0.2, 0.25) is 0 Å². The normalized spacial score (nSPS) is 39.2. The Bertz CT molecular complexity index is 420. The Kier molecular flexibility index (Phi) is 4.46. The van der Waals surface area contributed by atoms with Gasteiger partial charge in [0.1, 0.15) is 0 Å². The Morgan fingerprint density at radius 1 is 1.05 bits per heavy atom. The molecular weight excluding hydrogens is 270 g/mol. The molecule has 0 bridgehead atoms. The number of rotatable bonds is 3. The summed E-state index contributed by atoms with van der Waals surface area (Å²) in [5.74, 6) is 2.32. The zero-order valence-corrected chi connectivity index (χ0v) is 15.3. The first-order valence-electron chi connectivity index (χ1n) is 9.40. The van der Waals surface area contributed by atoms with Crippen molar-refractivity contribution in [3.05, 3.63) is 12.2 Å². The molecule has 0 aromatic carbocycles. The summed E-state index contributed by atoms with van der Waals surface area (Å²) in [5.41, 5.74) is 0.245. The fourth-order valence-electron chi connectivity index (χ4n) is 5.79. The second-order valence-corrected chi connectivity index (χ2v) is 9.73. The Morgan fingerprint density at radius 2 is 1.77 bits per heavy atom. The lowest BCUT2D eigenvalue weighted by Gasteiger charge is -2.54. The van der Waals surface area contributed by atoms with Gasteiger partial charge in [-0.05, 0) is 43.4 Å². The second-order valence-electron chi connectivity index (χ2n) is 9.73. The number of quaternary nitrogens is 1. The third-order valence-electron chi connectivity index (χ3n) is 6.13. The first-order valence-corrected chi connectivity index (χ1v) is 9.40. The van der Waals surface area contributed by atoms with Gasteiger partial charge in [0, 0.05) is 5.41 Å². The molecule has 2 aliphatic carbocycles. The van der Waals surface area contributed by atoms with Crippen molar-refractivity contribution in [2.75, 3.05) is 27.7 Å². The fraction of sp³-hybridized carbons (Fsp3) is 0.900. The molecule has 3 aliphatic rings. The molecule has 0 radical (unpaired) electrons. The van der Waals surface area contributed by atoms with E-state index in [1.54, 1.807) is 0 Å². The third-order valence-corrected chi connectivity index (χ3v) is 6.13. The SMILES string of the molecule is CC(C)(C[N+](C)(C)C)[C@H]1O[C@H]2CCCC[C@H]2[C@H]2C=CCC[C@H]21. The highest BCUT2D eigenvalue weighted by Gasteiger charge is 2.51. The van der Waals surface area contributed by atoms with Crippen LogP contribution in [0, 0.1) is 23.2 Å². The first-order chi connectivity index (χ1) is 10.3. The van der Waals surface area contributed by atoms with Crippen LogP contribution in [-0.2, 0) is 4.74 Å². The number of hydrogen-bond donors (Lipinski definition) is 0. The van der Waals surface area contributed by atoms with Crippen molar-refractivity contribution in [3.8, 4) is 0 Å². The summed E-state index contributed by atoms with van der Waals surface area (Å²) in [7, 11) is 6.94. The van der Waals surface area contributed by atoms with Crippen LogP contribution in [0.5, 0.6) is 0 Å². The predicted molar refractivity (Wildman–Crippen MR) is 92.7 cm³/mol. The standard InChI is InChI=1S/C20H36NO/c1-20(2,14-21(3,4)5)19-17-12-7-6-10-15(17)16-11-8-9-13-18(16)22-19/h6,10,15-19H,7-9,11-14H2,1-5H3/q+1/t15-,16+,17-,18+,19+/m1/s1. The van der Waals surface area contributed by atoms with E-state index in [1.807, 2.05) is 0 Å². The van der Waals surface area contributed by atoms with E-state index in [4.69, 9.17) is 4.74 Å². The number of hydrogen-bond acceptors (Lipinski definition) is 1. The Labute approximate surface area is 137 Å². The van der Waals surface area contributed by atoms with Gasteiger partial charge in [0.25, 0.3) is 0 Å². The van der Waals surface area contributed by atoms with Crippen LogP contribution < -0.4 is 0 Å². The number of allylic oxidation sites excluding steroid dienone is 2. The molecule has 1 heterocycles. The lowest BCUT2D eigenvalue weighted by molar-refractivity contribution is -0.877. The Hall–Kier alpha value is -0.340. The van der Waals surface area contributed by atoms with Gasteiger partial charge in [0.05, 0.1) is 39.9 Å². The molecule has 0 spiro atoms. The van der Waals surface area contributed by atoms with Gasteiger partial charge in [-0.1, -0.05) is 38.8 Å². The van der Waals surface area contributed by atoms with Crippen LogP contribution in [-0.4, -0.2) is 44.4 Å². The maximum Gasteiger partial charge on any atom is 0.0857 e. The lowest BCUT2D eigenvalue weighted by atomic mass is 9.61. The Balaban J connectivity index is 1.85. The van der Waals surface area contributed by atoms with Crippen molar-refractivity contribution in [1.29, 1.82) is 0 Å². The maximum atomic E-state index is 6.83. The van der Waals surface area contributed by atoms with E-state index in [0.717, 1.165) is 22.2 Å². The molecule has 0 aromatic rings. The van der Waals surface area contributed by atoms with Crippen molar-refractivity contribution < 1.29 is 9.22 Å². The van der Waals surface area contributed by atoms with E-state index in [-0.39, 0.29) is 5.41 Å². The van der Waals surface area contributed by atoms with Gasteiger partial charge < -0.3 is 9.22 Å². The minimum atomic E-state index is 0.245. The van der Waals surface area contributed by atoms with Gasteiger partial charge in [0.2, 0.25) is 0 Å². The summed E-state index contributed by atoms with van der Waals surface area (Å²) >= 11 is 0. The molecule has 5 atom stereocenters. The van der Waals surface area contributed by atoms with Crippen LogP contribution in [0.25, 0.3) is 0 Å². The quantitative estimate of drug-likeness (QED) is 0.559. The van der Waals surface area contributed by atoms with Crippen molar-refractivity contribution in [1.82, 2.24) is 0 Å². The zero-order valence-electron chi connectivity index (χ0n) is 15.3. The van der Waals surface area contributed by atoms with E-state index in [1.165, 1.54) is 45.1 Å². The molecule has 2 nitrogen and oxygen atoms in total. The molecule has 0 aromatic heterocycles. The molecule has 0 unspecified atom stereocenters. The third kappa shape index (κ3) is 3.28. The van der Waals surface area contributed by atoms with Gasteiger partial charge in [-0.2, -0.15) is 0 Å². The van der Waals surface area contributed by atoms with Gasteiger partial charge in [-0.15, -0.1) is 0 Å². The highest BCUT2D eigenvalue weighted by atomic mass is 16.5. The summed E-state index contributed by atoms with van der Waals surface area (Å²) in [4.78, 5) is 0. The summed E-state index contributed by atoms with van der Waals surface area (Å²) in [6.07, 6.45) is 14.0. The van der Waals surface area contributed by atoms with Crippen LogP contribution in [0.15, 0.2) is 12.2 Å². The van der Waals surface area contributed by atoms with E-state index >= 15 is 0 Å². The predicted octanol–water partition coefficient (Wildman–Crippen LogP) is 4.26. The summed E-state index contributed by atoms with van der Waals surface area (Å²) in [5, 5.41) is 0. The minimum Gasteiger partial charge on any atom is -0.374 e. The molecule has 2 heteroatoms. The van der Waals surface area contributed by atoms with Gasteiger partial charge in [0.15, 0.2) is 0 Å². The highest BCUT2D eigenvalue weighted by molar-refractivity contribution is 5.08. The molecule has 22 heavy (non-hydrogen) atoms. The van der Waals surface area contributed by atoms with Gasteiger partial charge in [-0.3, -0.25) is 0 Å². The molecule has 0 amide bonds. The van der Waals surface area contributed by atoms with Crippen LogP contribution in [0.1, 0.15) is 52.4 Å². The van der Waals surface area contributed by atoms with Crippen molar-refractivity contribution >= 4 is 0 Å². The smallest absolute Gasteiger partial charge is 0.0857 e. The van der Waals surface area contributed by atoms with Crippen molar-refractivity contribution in [2.45, 2.75) is 64.6 Å². The monoisotopic (exact) mass is 306 g/mol. The minimum absolute atomic E-state index is 0.245. The summed E-state index contributed by atoms with van der Waals surface area (Å²) in [6.45, 7) is 6.07. The van der Waals surface area contributed by atoms with E-state index < -0.39 is 0 Å². The van der Waals surface area contributed by atoms with E-state index in [2.05, 4.69) is 47.1 Å². The maximum absolute atomic E-state index is 6.83. The van der Waals surface area contributed by atoms with Crippen LogP contribution in [0.3, 0.4) is 0 Å². The fourth-order valence-corrected chi connectivity index (χ4v) is 5.79.